The lowest BCUT2D eigenvalue weighted by Crippen LogP contribution is -1.99. The second-order valence-electron chi connectivity index (χ2n) is 2.56. The number of nitrogens with two attached hydrogens (primary N) is 1. The normalized spacial score (nSPS) is 10.2. The van der Waals surface area contributed by atoms with E-state index in [-0.39, 0.29) is 5.75 Å². The number of pyridine rings is 1. The fourth-order valence-electron chi connectivity index (χ4n) is 0.957. The molecular weight excluding hydrogens is 156 g/mol. The highest BCUT2D eigenvalue weighted by Crippen LogP contribution is 2.25. The van der Waals surface area contributed by atoms with Crippen LogP contribution in [0, 0.1) is 6.92 Å². The molecule has 0 radical (unpaired) electrons. The Morgan fingerprint density at radius 1 is 1.67 bits per heavy atom. The van der Waals surface area contributed by atoms with Gasteiger partial charge in [-0.25, -0.2) is 0 Å². The highest BCUT2D eigenvalue weighted by atomic mass is 16.5. The third-order valence-electron chi connectivity index (χ3n) is 1.66. The number of ether oxygens (including phenoxy) is 1. The Morgan fingerprint density at radius 2 is 2.33 bits per heavy atom. The average molecular weight is 168 g/mol. The van der Waals surface area contributed by atoms with Crippen molar-refractivity contribution in [2.24, 2.45) is 0 Å². The fourth-order valence-corrected chi connectivity index (χ4v) is 0.957. The highest BCUT2D eigenvalue weighted by molar-refractivity contribution is 5.53. The lowest BCUT2D eigenvalue weighted by Gasteiger charge is -2.07. The van der Waals surface area contributed by atoms with Gasteiger partial charge in [-0.15, -0.1) is 0 Å². The van der Waals surface area contributed by atoms with Crippen LogP contribution in [-0.2, 0) is 11.3 Å². The van der Waals surface area contributed by atoms with E-state index in [1.807, 2.05) is 0 Å². The zero-order chi connectivity index (χ0) is 9.14. The molecule has 0 unspecified atom stereocenters. The van der Waals surface area contributed by atoms with Gasteiger partial charge < -0.3 is 15.6 Å². The molecule has 0 atom stereocenters. The van der Waals surface area contributed by atoms with Gasteiger partial charge in [0.1, 0.15) is 5.75 Å². The van der Waals surface area contributed by atoms with Crippen molar-refractivity contribution in [2.75, 3.05) is 12.8 Å². The molecule has 0 saturated heterocycles. The summed E-state index contributed by atoms with van der Waals surface area (Å²) in [4.78, 5) is 3.89. The Bertz CT molecular complexity index is 287. The quantitative estimate of drug-likeness (QED) is 0.686. The van der Waals surface area contributed by atoms with Crippen molar-refractivity contribution in [1.82, 2.24) is 4.98 Å². The van der Waals surface area contributed by atoms with Gasteiger partial charge in [0.25, 0.3) is 0 Å². The molecule has 0 aliphatic rings. The summed E-state index contributed by atoms with van der Waals surface area (Å²) in [6.45, 7) is 2.02. The number of nitrogens with zero attached hydrogens (tertiary/aromatic N) is 1. The number of hydrogen-bond acceptors (Lipinski definition) is 4. The lowest BCUT2D eigenvalue weighted by molar-refractivity contribution is 0.182. The molecule has 0 spiro atoms. The highest BCUT2D eigenvalue weighted by Gasteiger charge is 2.08. The third kappa shape index (κ3) is 1.48. The van der Waals surface area contributed by atoms with Gasteiger partial charge in [-0.3, -0.25) is 4.98 Å². The molecule has 0 bridgehead atoms. The monoisotopic (exact) mass is 168 g/mol. The first-order valence-electron chi connectivity index (χ1n) is 3.58. The van der Waals surface area contributed by atoms with E-state index in [0.29, 0.717) is 23.6 Å². The lowest BCUT2D eigenvalue weighted by atomic mass is 10.2. The third-order valence-corrected chi connectivity index (χ3v) is 1.66. The summed E-state index contributed by atoms with van der Waals surface area (Å²) in [6, 6.07) is 0. The standard InChI is InChI=1S/C8H12N2O2/c1-5-8(11)6(4-12-2)7(9)3-10-5/h3,11H,4,9H2,1-2H3. The van der Waals surface area contributed by atoms with E-state index in [0.717, 1.165) is 0 Å². The van der Waals surface area contributed by atoms with E-state index < -0.39 is 0 Å². The summed E-state index contributed by atoms with van der Waals surface area (Å²) in [5.74, 6) is 0.122. The van der Waals surface area contributed by atoms with Gasteiger partial charge in [0.05, 0.1) is 24.2 Å². The van der Waals surface area contributed by atoms with E-state index in [4.69, 9.17) is 10.5 Å². The Labute approximate surface area is 71.0 Å². The van der Waals surface area contributed by atoms with Crippen LogP contribution in [0.25, 0.3) is 0 Å². The first-order valence-corrected chi connectivity index (χ1v) is 3.58. The summed E-state index contributed by atoms with van der Waals surface area (Å²) in [6.07, 6.45) is 1.52. The summed E-state index contributed by atoms with van der Waals surface area (Å²) in [7, 11) is 1.55. The second kappa shape index (κ2) is 3.40. The zero-order valence-corrected chi connectivity index (χ0v) is 7.16. The van der Waals surface area contributed by atoms with Crippen molar-refractivity contribution in [1.29, 1.82) is 0 Å². The van der Waals surface area contributed by atoms with Crippen molar-refractivity contribution in [2.45, 2.75) is 13.5 Å². The van der Waals surface area contributed by atoms with Crippen molar-refractivity contribution in [3.63, 3.8) is 0 Å². The van der Waals surface area contributed by atoms with Gasteiger partial charge in [0.15, 0.2) is 0 Å². The van der Waals surface area contributed by atoms with E-state index >= 15 is 0 Å². The van der Waals surface area contributed by atoms with E-state index in [1.54, 1.807) is 14.0 Å². The number of aromatic nitrogens is 1. The second-order valence-corrected chi connectivity index (χ2v) is 2.56. The molecule has 4 nitrogen and oxygen atoms in total. The minimum absolute atomic E-state index is 0.122. The Kier molecular flexibility index (Phi) is 2.50. The van der Waals surface area contributed by atoms with Crippen LogP contribution in [-0.4, -0.2) is 17.2 Å². The number of rotatable bonds is 2. The summed E-state index contributed by atoms with van der Waals surface area (Å²) >= 11 is 0. The molecule has 0 aliphatic carbocycles. The number of aromatic hydroxyl groups is 1. The molecule has 1 aromatic rings. The van der Waals surface area contributed by atoms with Crippen molar-refractivity contribution < 1.29 is 9.84 Å². The molecule has 0 saturated carbocycles. The largest absolute Gasteiger partial charge is 0.506 e. The van der Waals surface area contributed by atoms with Gasteiger partial charge >= 0.3 is 0 Å². The molecule has 1 rings (SSSR count). The van der Waals surface area contributed by atoms with E-state index in [1.165, 1.54) is 6.20 Å². The van der Waals surface area contributed by atoms with Crippen molar-refractivity contribution in [3.8, 4) is 5.75 Å². The summed E-state index contributed by atoms with van der Waals surface area (Å²) in [5.41, 5.74) is 7.20. The van der Waals surface area contributed by atoms with Crippen LogP contribution in [0.5, 0.6) is 5.75 Å². The maximum absolute atomic E-state index is 9.49. The molecule has 0 amide bonds. The number of anilines is 1. The number of nitrogen functional groups attached to an aromatic ring is 1. The first-order chi connectivity index (χ1) is 5.66. The van der Waals surface area contributed by atoms with Crippen LogP contribution in [0.15, 0.2) is 6.20 Å². The van der Waals surface area contributed by atoms with Gasteiger partial charge in [-0.2, -0.15) is 0 Å². The zero-order valence-electron chi connectivity index (χ0n) is 7.16. The van der Waals surface area contributed by atoms with Crippen LogP contribution in [0.4, 0.5) is 5.69 Å². The molecule has 4 heteroatoms. The molecule has 1 heterocycles. The maximum Gasteiger partial charge on any atom is 0.144 e. The first kappa shape index (κ1) is 8.80. The fraction of sp³-hybridized carbons (Fsp3) is 0.375. The van der Waals surface area contributed by atoms with Gasteiger partial charge in [-0.1, -0.05) is 0 Å². The molecule has 0 aliphatic heterocycles. The minimum atomic E-state index is 0.122. The van der Waals surface area contributed by atoms with E-state index in [2.05, 4.69) is 4.98 Å². The SMILES string of the molecule is COCc1c(N)cnc(C)c1O. The Morgan fingerprint density at radius 3 is 2.92 bits per heavy atom. The molecule has 1 aromatic heterocycles. The smallest absolute Gasteiger partial charge is 0.144 e. The Hall–Kier alpha value is -1.29. The number of hydrogen-bond donors (Lipinski definition) is 2. The predicted molar refractivity (Wildman–Crippen MR) is 45.8 cm³/mol. The average Bonchev–Trinajstić information content (AvgIpc) is 2.06. The molecule has 3 N–H and O–H groups in total. The number of aryl methyl sites for hydroxylation is 1. The Balaban J connectivity index is 3.14. The summed E-state index contributed by atoms with van der Waals surface area (Å²) < 4.78 is 4.88. The molecule has 12 heavy (non-hydrogen) atoms. The number of methoxy groups -OCH3 is 1. The van der Waals surface area contributed by atoms with Gasteiger partial charge in [0, 0.05) is 12.7 Å². The molecule has 0 fully saturated rings. The van der Waals surface area contributed by atoms with Crippen LogP contribution < -0.4 is 5.73 Å². The van der Waals surface area contributed by atoms with E-state index in [9.17, 15) is 5.11 Å². The van der Waals surface area contributed by atoms with Crippen LogP contribution in [0.3, 0.4) is 0 Å². The molecule has 66 valence electrons. The molecule has 0 aromatic carbocycles. The van der Waals surface area contributed by atoms with Crippen LogP contribution in [0.2, 0.25) is 0 Å². The maximum atomic E-state index is 9.49. The van der Waals surface area contributed by atoms with Crippen molar-refractivity contribution in [3.05, 3.63) is 17.5 Å². The van der Waals surface area contributed by atoms with Gasteiger partial charge in [-0.05, 0) is 6.92 Å². The summed E-state index contributed by atoms with van der Waals surface area (Å²) in [5, 5.41) is 9.49. The molecular formula is C8H12N2O2. The van der Waals surface area contributed by atoms with Gasteiger partial charge in [0.2, 0.25) is 0 Å². The van der Waals surface area contributed by atoms with Crippen LogP contribution in [0.1, 0.15) is 11.3 Å². The topological polar surface area (TPSA) is 68.4 Å². The van der Waals surface area contributed by atoms with Crippen molar-refractivity contribution >= 4 is 5.69 Å². The minimum Gasteiger partial charge on any atom is -0.506 e. The predicted octanol–water partition coefficient (Wildman–Crippen LogP) is 0.824. The van der Waals surface area contributed by atoms with Crippen LogP contribution >= 0.6 is 0 Å².